The maximum absolute atomic E-state index is 12.6. The van der Waals surface area contributed by atoms with Crippen LogP contribution in [-0.2, 0) is 0 Å². The van der Waals surface area contributed by atoms with Crippen LogP contribution in [0.15, 0.2) is 21.2 Å². The van der Waals surface area contributed by atoms with Gasteiger partial charge < -0.3 is 5.32 Å². The zero-order chi connectivity index (χ0) is 11.1. The van der Waals surface area contributed by atoms with E-state index in [1.165, 1.54) is 0 Å². The second-order valence-corrected chi connectivity index (χ2v) is 5.36. The van der Waals surface area contributed by atoms with Crippen molar-refractivity contribution >= 4 is 37.7 Å². The van der Waals surface area contributed by atoms with E-state index in [2.05, 4.69) is 42.2 Å². The van der Waals surface area contributed by atoms with Crippen molar-refractivity contribution in [2.24, 2.45) is 0 Å². The van der Waals surface area contributed by atoms with Crippen molar-refractivity contribution < 1.29 is 8.78 Å². The largest absolute Gasteiger partial charge is 0.366 e. The van der Waals surface area contributed by atoms with Gasteiger partial charge in [-0.2, -0.15) is 0 Å². The first-order valence-electron chi connectivity index (χ1n) is 4.42. The first-order chi connectivity index (χ1) is 6.96. The van der Waals surface area contributed by atoms with Gasteiger partial charge in [0.15, 0.2) is 0 Å². The van der Waals surface area contributed by atoms with E-state index in [4.69, 9.17) is 0 Å². The molecule has 1 aliphatic carbocycles. The molecule has 0 spiro atoms. The molecule has 0 unspecified atom stereocenters. The quantitative estimate of drug-likeness (QED) is 0.884. The minimum absolute atomic E-state index is 0.114. The molecule has 0 saturated heterocycles. The SMILES string of the molecule is FC1(F)CC(Nc2ncc(Br)cc2Br)C1. The highest BCUT2D eigenvalue weighted by atomic mass is 79.9. The molecular formula is C9H8Br2F2N2. The average molecular weight is 342 g/mol. The minimum Gasteiger partial charge on any atom is -0.366 e. The van der Waals surface area contributed by atoms with E-state index in [0.29, 0.717) is 5.82 Å². The number of alkyl halides is 2. The van der Waals surface area contributed by atoms with E-state index < -0.39 is 5.92 Å². The van der Waals surface area contributed by atoms with Crippen molar-refractivity contribution in [1.29, 1.82) is 0 Å². The van der Waals surface area contributed by atoms with Crippen molar-refractivity contribution in [2.45, 2.75) is 24.8 Å². The van der Waals surface area contributed by atoms with Crippen molar-refractivity contribution in [1.82, 2.24) is 4.98 Å². The molecule has 2 rings (SSSR count). The molecular weight excluding hydrogens is 334 g/mol. The molecule has 1 N–H and O–H groups in total. The molecule has 1 saturated carbocycles. The summed E-state index contributed by atoms with van der Waals surface area (Å²) in [6.07, 6.45) is 1.40. The van der Waals surface area contributed by atoms with Crippen LogP contribution in [0.5, 0.6) is 0 Å². The second kappa shape index (κ2) is 3.97. The average Bonchev–Trinajstić information content (AvgIpc) is 2.06. The number of halogens is 4. The third-order valence-corrected chi connectivity index (χ3v) is 3.28. The Balaban J connectivity index is 2.00. The minimum atomic E-state index is -2.50. The maximum Gasteiger partial charge on any atom is 0.252 e. The second-order valence-electron chi connectivity index (χ2n) is 3.59. The van der Waals surface area contributed by atoms with Gasteiger partial charge in [0.05, 0.1) is 4.47 Å². The van der Waals surface area contributed by atoms with E-state index in [1.54, 1.807) is 6.20 Å². The molecule has 1 heterocycles. The van der Waals surface area contributed by atoms with Crippen LogP contribution in [0.3, 0.4) is 0 Å². The molecule has 2 nitrogen and oxygen atoms in total. The van der Waals surface area contributed by atoms with Crippen molar-refractivity contribution in [3.8, 4) is 0 Å². The summed E-state index contributed by atoms with van der Waals surface area (Å²) < 4.78 is 26.8. The Hall–Kier alpha value is -0.230. The molecule has 15 heavy (non-hydrogen) atoms. The predicted octanol–water partition coefficient (Wildman–Crippen LogP) is 3.82. The standard InChI is InChI=1S/C9H8Br2F2N2/c10-5-1-7(11)8(14-4-5)15-6-2-9(12,13)3-6/h1,4,6H,2-3H2,(H,14,15). The number of hydrogen-bond donors (Lipinski definition) is 1. The summed E-state index contributed by atoms with van der Waals surface area (Å²) >= 11 is 6.59. The van der Waals surface area contributed by atoms with E-state index >= 15 is 0 Å². The summed E-state index contributed by atoms with van der Waals surface area (Å²) in [4.78, 5) is 4.10. The highest BCUT2D eigenvalue weighted by Gasteiger charge is 2.45. The Bertz CT molecular complexity index is 376. The molecule has 1 aliphatic rings. The zero-order valence-electron chi connectivity index (χ0n) is 7.61. The molecule has 0 aliphatic heterocycles. The summed E-state index contributed by atoms with van der Waals surface area (Å²) in [6, 6.07) is 1.65. The summed E-state index contributed by atoms with van der Waals surface area (Å²) in [6.45, 7) is 0. The molecule has 0 aromatic carbocycles. The molecule has 6 heteroatoms. The summed E-state index contributed by atoms with van der Waals surface area (Å²) in [5.41, 5.74) is 0. The highest BCUT2D eigenvalue weighted by Crippen LogP contribution is 2.39. The lowest BCUT2D eigenvalue weighted by Gasteiger charge is -2.35. The van der Waals surface area contributed by atoms with Crippen molar-refractivity contribution in [2.75, 3.05) is 5.32 Å². The Kier molecular flexibility index (Phi) is 2.98. The van der Waals surface area contributed by atoms with Crippen LogP contribution >= 0.6 is 31.9 Å². The van der Waals surface area contributed by atoms with Crippen molar-refractivity contribution in [3.63, 3.8) is 0 Å². The van der Waals surface area contributed by atoms with Crippen LogP contribution in [0.25, 0.3) is 0 Å². The van der Waals surface area contributed by atoms with Gasteiger partial charge in [0.1, 0.15) is 5.82 Å². The lowest BCUT2D eigenvalue weighted by atomic mass is 9.88. The Morgan fingerprint density at radius 1 is 1.40 bits per heavy atom. The molecule has 0 radical (unpaired) electrons. The van der Waals surface area contributed by atoms with Crippen LogP contribution in [0.4, 0.5) is 14.6 Å². The molecule has 1 aromatic rings. The van der Waals surface area contributed by atoms with Crippen molar-refractivity contribution in [3.05, 3.63) is 21.2 Å². The van der Waals surface area contributed by atoms with Gasteiger partial charge in [-0.3, -0.25) is 0 Å². The van der Waals surface area contributed by atoms with Crippen LogP contribution < -0.4 is 5.32 Å². The molecule has 1 aromatic heterocycles. The number of nitrogens with zero attached hydrogens (tertiary/aromatic N) is 1. The maximum atomic E-state index is 12.6. The van der Waals surface area contributed by atoms with Gasteiger partial charge in [0.2, 0.25) is 0 Å². The zero-order valence-corrected chi connectivity index (χ0v) is 10.8. The Morgan fingerprint density at radius 3 is 2.60 bits per heavy atom. The fourth-order valence-electron chi connectivity index (χ4n) is 1.48. The van der Waals surface area contributed by atoms with Crippen LogP contribution in [0.2, 0.25) is 0 Å². The number of hydrogen-bond acceptors (Lipinski definition) is 2. The molecule has 82 valence electrons. The highest BCUT2D eigenvalue weighted by molar-refractivity contribution is 9.11. The van der Waals surface area contributed by atoms with Crippen LogP contribution in [0, 0.1) is 0 Å². The van der Waals surface area contributed by atoms with Gasteiger partial charge >= 0.3 is 0 Å². The van der Waals surface area contributed by atoms with E-state index in [0.717, 1.165) is 8.95 Å². The third-order valence-electron chi connectivity index (χ3n) is 2.24. The van der Waals surface area contributed by atoms with E-state index in [9.17, 15) is 8.78 Å². The lowest BCUT2D eigenvalue weighted by molar-refractivity contribution is -0.0794. The first kappa shape index (κ1) is 11.3. The number of rotatable bonds is 2. The van der Waals surface area contributed by atoms with Gasteiger partial charge in [-0.05, 0) is 37.9 Å². The Morgan fingerprint density at radius 2 is 2.07 bits per heavy atom. The number of pyridine rings is 1. The monoisotopic (exact) mass is 340 g/mol. The van der Waals surface area contributed by atoms with Gasteiger partial charge in [-0.1, -0.05) is 0 Å². The fraction of sp³-hybridized carbons (Fsp3) is 0.444. The van der Waals surface area contributed by atoms with Crippen LogP contribution in [-0.4, -0.2) is 16.9 Å². The van der Waals surface area contributed by atoms with Gasteiger partial charge in [-0.15, -0.1) is 0 Å². The van der Waals surface area contributed by atoms with Crippen LogP contribution in [0.1, 0.15) is 12.8 Å². The molecule has 0 atom stereocenters. The third kappa shape index (κ3) is 2.66. The number of anilines is 1. The first-order valence-corrected chi connectivity index (χ1v) is 6.00. The van der Waals surface area contributed by atoms with Gasteiger partial charge in [0.25, 0.3) is 5.92 Å². The number of aromatic nitrogens is 1. The van der Waals surface area contributed by atoms with Gasteiger partial charge in [-0.25, -0.2) is 13.8 Å². The topological polar surface area (TPSA) is 24.9 Å². The lowest BCUT2D eigenvalue weighted by Crippen LogP contribution is -2.44. The predicted molar refractivity (Wildman–Crippen MR) is 61.2 cm³/mol. The van der Waals surface area contributed by atoms with E-state index in [-0.39, 0.29) is 18.9 Å². The summed E-state index contributed by atoms with van der Waals surface area (Å²) in [5.74, 6) is -1.89. The van der Waals surface area contributed by atoms with Gasteiger partial charge in [0, 0.05) is 29.6 Å². The molecule has 1 fully saturated rings. The van der Waals surface area contributed by atoms with E-state index in [1.807, 2.05) is 6.07 Å². The smallest absolute Gasteiger partial charge is 0.252 e. The fourth-order valence-corrected chi connectivity index (χ4v) is 2.58. The molecule has 0 bridgehead atoms. The summed E-state index contributed by atoms with van der Waals surface area (Å²) in [7, 11) is 0. The molecule has 0 amide bonds. The normalized spacial score (nSPS) is 19.7. The number of nitrogens with one attached hydrogen (secondary N) is 1. The summed E-state index contributed by atoms with van der Waals surface area (Å²) in [5, 5.41) is 2.97. The Labute approximate surface area is 103 Å².